The van der Waals surface area contributed by atoms with Crippen LogP contribution >= 0.6 is 11.6 Å². The molecular formula is C16H20ClNO2. The van der Waals surface area contributed by atoms with Crippen LogP contribution in [0.15, 0.2) is 24.3 Å². The van der Waals surface area contributed by atoms with Gasteiger partial charge >= 0.3 is 0 Å². The van der Waals surface area contributed by atoms with Crippen LogP contribution in [-0.4, -0.2) is 37.1 Å². The van der Waals surface area contributed by atoms with E-state index in [0.717, 1.165) is 37.4 Å². The summed E-state index contributed by atoms with van der Waals surface area (Å²) in [6.07, 6.45) is 3.28. The number of halogens is 1. The van der Waals surface area contributed by atoms with Crippen LogP contribution in [0.5, 0.6) is 0 Å². The SMILES string of the molecule is CO[C@@H]1CCCN(C(=O)[C@H]2C[C@@H]2c2ccc(Cl)cc2)C1. The second kappa shape index (κ2) is 5.74. The maximum atomic E-state index is 12.5. The van der Waals surface area contributed by atoms with E-state index in [0.29, 0.717) is 11.8 Å². The zero-order chi connectivity index (χ0) is 14.1. The average molecular weight is 294 g/mol. The van der Waals surface area contributed by atoms with Crippen molar-refractivity contribution >= 4 is 17.5 Å². The van der Waals surface area contributed by atoms with Crippen molar-refractivity contribution < 1.29 is 9.53 Å². The summed E-state index contributed by atoms with van der Waals surface area (Å²) in [5.41, 5.74) is 1.23. The van der Waals surface area contributed by atoms with Crippen LogP contribution < -0.4 is 0 Å². The molecule has 1 aliphatic carbocycles. The van der Waals surface area contributed by atoms with Gasteiger partial charge in [0, 0.05) is 31.1 Å². The molecule has 1 heterocycles. The summed E-state index contributed by atoms with van der Waals surface area (Å²) in [5, 5.41) is 0.747. The van der Waals surface area contributed by atoms with Gasteiger partial charge in [0.2, 0.25) is 5.91 Å². The first kappa shape index (κ1) is 13.9. The first-order valence-electron chi connectivity index (χ1n) is 7.26. The van der Waals surface area contributed by atoms with Crippen molar-refractivity contribution in [2.24, 2.45) is 5.92 Å². The number of amides is 1. The van der Waals surface area contributed by atoms with E-state index < -0.39 is 0 Å². The van der Waals surface area contributed by atoms with Gasteiger partial charge < -0.3 is 9.64 Å². The van der Waals surface area contributed by atoms with Crippen molar-refractivity contribution in [1.29, 1.82) is 0 Å². The summed E-state index contributed by atoms with van der Waals surface area (Å²) >= 11 is 5.90. The summed E-state index contributed by atoms with van der Waals surface area (Å²) in [6.45, 7) is 1.63. The Hall–Kier alpha value is -1.06. The molecule has 108 valence electrons. The van der Waals surface area contributed by atoms with E-state index in [1.807, 2.05) is 29.2 Å². The molecule has 0 N–H and O–H groups in total. The standard InChI is InChI=1S/C16H20ClNO2/c1-20-13-3-2-8-18(10-13)16(19)15-9-14(15)11-4-6-12(17)7-5-11/h4-7,13-15H,2-3,8-10H2,1H3/t13-,14-,15+/m1/s1. The molecule has 4 heteroatoms. The smallest absolute Gasteiger partial charge is 0.226 e. The molecule has 3 atom stereocenters. The van der Waals surface area contributed by atoms with Gasteiger partial charge in [0.05, 0.1) is 6.10 Å². The molecule has 1 aromatic carbocycles. The lowest BCUT2D eigenvalue weighted by Crippen LogP contribution is -2.43. The molecular weight excluding hydrogens is 274 g/mol. The third kappa shape index (κ3) is 2.84. The number of carbonyl (C=O) groups excluding carboxylic acids is 1. The first-order valence-corrected chi connectivity index (χ1v) is 7.64. The van der Waals surface area contributed by atoms with Gasteiger partial charge in [-0.1, -0.05) is 23.7 Å². The van der Waals surface area contributed by atoms with Gasteiger partial charge in [0.25, 0.3) is 0 Å². The number of carbonyl (C=O) groups is 1. The average Bonchev–Trinajstić information content (AvgIpc) is 3.28. The summed E-state index contributed by atoms with van der Waals surface area (Å²) < 4.78 is 5.39. The number of piperidine rings is 1. The minimum absolute atomic E-state index is 0.159. The number of hydrogen-bond acceptors (Lipinski definition) is 2. The first-order chi connectivity index (χ1) is 9.69. The molecule has 0 bridgehead atoms. The molecule has 1 saturated carbocycles. The zero-order valence-electron chi connectivity index (χ0n) is 11.7. The molecule has 1 aromatic rings. The predicted octanol–water partition coefficient (Wildman–Crippen LogP) is 3.08. The van der Waals surface area contributed by atoms with Gasteiger partial charge in [-0.2, -0.15) is 0 Å². The minimum atomic E-state index is 0.159. The third-order valence-corrected chi connectivity index (χ3v) is 4.68. The van der Waals surface area contributed by atoms with Gasteiger partial charge in [0.1, 0.15) is 0 Å². The number of nitrogens with zero attached hydrogens (tertiary/aromatic N) is 1. The number of likely N-dealkylation sites (tertiary alicyclic amines) is 1. The topological polar surface area (TPSA) is 29.5 Å². The van der Waals surface area contributed by atoms with E-state index in [-0.39, 0.29) is 12.0 Å². The van der Waals surface area contributed by atoms with Crippen LogP contribution in [0.25, 0.3) is 0 Å². The highest BCUT2D eigenvalue weighted by Gasteiger charge is 2.46. The van der Waals surface area contributed by atoms with Crippen molar-refractivity contribution in [2.75, 3.05) is 20.2 Å². The monoisotopic (exact) mass is 293 g/mol. The lowest BCUT2D eigenvalue weighted by atomic mass is 10.1. The summed E-state index contributed by atoms with van der Waals surface area (Å²) in [6, 6.07) is 7.88. The van der Waals surface area contributed by atoms with Crippen molar-refractivity contribution in [3.8, 4) is 0 Å². The number of benzene rings is 1. The maximum Gasteiger partial charge on any atom is 0.226 e. The molecule has 1 amide bonds. The molecule has 0 radical (unpaired) electrons. The molecule has 0 aromatic heterocycles. The van der Waals surface area contributed by atoms with E-state index in [4.69, 9.17) is 16.3 Å². The lowest BCUT2D eigenvalue weighted by molar-refractivity contribution is -0.136. The van der Waals surface area contributed by atoms with Crippen LogP contribution in [0.2, 0.25) is 5.02 Å². The molecule has 2 fully saturated rings. The molecule has 1 aliphatic heterocycles. The van der Waals surface area contributed by atoms with Crippen molar-refractivity contribution in [3.05, 3.63) is 34.9 Å². The lowest BCUT2D eigenvalue weighted by Gasteiger charge is -2.32. The summed E-state index contributed by atoms with van der Waals surface area (Å²) in [7, 11) is 1.73. The normalized spacial score (nSPS) is 29.3. The Balaban J connectivity index is 1.61. The largest absolute Gasteiger partial charge is 0.380 e. The van der Waals surface area contributed by atoms with Crippen LogP contribution in [-0.2, 0) is 9.53 Å². The molecule has 3 nitrogen and oxygen atoms in total. The van der Waals surface area contributed by atoms with Crippen LogP contribution in [0.1, 0.15) is 30.7 Å². The van der Waals surface area contributed by atoms with E-state index in [2.05, 4.69) is 0 Å². The van der Waals surface area contributed by atoms with Crippen LogP contribution in [0.4, 0.5) is 0 Å². The third-order valence-electron chi connectivity index (χ3n) is 4.43. The fourth-order valence-electron chi connectivity index (χ4n) is 3.11. The molecule has 2 aliphatic rings. The number of hydrogen-bond donors (Lipinski definition) is 0. The second-order valence-electron chi connectivity index (χ2n) is 5.78. The summed E-state index contributed by atoms with van der Waals surface area (Å²) in [5.74, 6) is 0.834. The maximum absolute atomic E-state index is 12.5. The fourth-order valence-corrected chi connectivity index (χ4v) is 3.24. The van der Waals surface area contributed by atoms with Gasteiger partial charge in [-0.05, 0) is 42.9 Å². The highest BCUT2D eigenvalue weighted by atomic mass is 35.5. The Morgan fingerprint density at radius 1 is 1.35 bits per heavy atom. The Morgan fingerprint density at radius 2 is 2.10 bits per heavy atom. The van der Waals surface area contributed by atoms with Gasteiger partial charge in [0.15, 0.2) is 0 Å². The predicted molar refractivity (Wildman–Crippen MR) is 78.9 cm³/mol. The Labute approximate surface area is 124 Å². The Morgan fingerprint density at radius 3 is 2.80 bits per heavy atom. The van der Waals surface area contributed by atoms with E-state index in [1.54, 1.807) is 7.11 Å². The highest BCUT2D eigenvalue weighted by Crippen LogP contribution is 2.48. The Bertz CT molecular complexity index is 488. The minimum Gasteiger partial charge on any atom is -0.380 e. The number of ether oxygens (including phenoxy) is 1. The molecule has 0 spiro atoms. The summed E-state index contributed by atoms with van der Waals surface area (Å²) in [4.78, 5) is 14.5. The quantitative estimate of drug-likeness (QED) is 0.857. The second-order valence-corrected chi connectivity index (χ2v) is 6.22. The van der Waals surface area contributed by atoms with Crippen LogP contribution in [0.3, 0.4) is 0 Å². The van der Waals surface area contributed by atoms with Crippen LogP contribution in [0, 0.1) is 5.92 Å². The van der Waals surface area contributed by atoms with Crippen molar-refractivity contribution in [3.63, 3.8) is 0 Å². The Kier molecular flexibility index (Phi) is 3.99. The van der Waals surface area contributed by atoms with E-state index in [1.165, 1.54) is 5.56 Å². The molecule has 3 rings (SSSR count). The highest BCUT2D eigenvalue weighted by molar-refractivity contribution is 6.30. The molecule has 1 saturated heterocycles. The van der Waals surface area contributed by atoms with E-state index in [9.17, 15) is 4.79 Å². The van der Waals surface area contributed by atoms with Gasteiger partial charge in [-0.3, -0.25) is 4.79 Å². The van der Waals surface area contributed by atoms with Gasteiger partial charge in [-0.15, -0.1) is 0 Å². The van der Waals surface area contributed by atoms with Crippen molar-refractivity contribution in [1.82, 2.24) is 4.90 Å². The van der Waals surface area contributed by atoms with Crippen molar-refractivity contribution in [2.45, 2.75) is 31.3 Å². The fraction of sp³-hybridized carbons (Fsp3) is 0.562. The molecule has 0 unspecified atom stereocenters. The van der Waals surface area contributed by atoms with E-state index >= 15 is 0 Å². The number of rotatable bonds is 3. The zero-order valence-corrected chi connectivity index (χ0v) is 12.5. The number of methoxy groups -OCH3 is 1. The van der Waals surface area contributed by atoms with Gasteiger partial charge in [-0.25, -0.2) is 0 Å². The molecule has 20 heavy (non-hydrogen) atoms.